The maximum Gasteiger partial charge on any atom is 0.437 e. The highest BCUT2D eigenvalue weighted by molar-refractivity contribution is 5.34. The lowest BCUT2D eigenvalue weighted by atomic mass is 10.1. The molecule has 0 N–H and O–H groups in total. The molecule has 1 saturated heterocycles. The molecule has 0 saturated carbocycles. The standard InChI is InChI=1S/C17H19F3N4O/c1-11-8-12(2)23-16(22-11)24-7-5-13(9-24)10-25-14-4-3-6-21-15(14)17(18,19)20/h3-4,6,8,13H,5,7,9-10H2,1-2H3. The topological polar surface area (TPSA) is 51.1 Å². The van der Waals surface area contributed by atoms with Crippen LogP contribution in [0.4, 0.5) is 19.1 Å². The van der Waals surface area contributed by atoms with Crippen molar-refractivity contribution in [2.24, 2.45) is 5.92 Å². The van der Waals surface area contributed by atoms with E-state index in [1.165, 1.54) is 12.1 Å². The van der Waals surface area contributed by atoms with E-state index in [0.29, 0.717) is 12.5 Å². The first-order chi connectivity index (χ1) is 11.8. The molecule has 1 aliphatic heterocycles. The van der Waals surface area contributed by atoms with Crippen LogP contribution >= 0.6 is 0 Å². The molecule has 2 aromatic rings. The highest BCUT2D eigenvalue weighted by Crippen LogP contribution is 2.34. The lowest BCUT2D eigenvalue weighted by Gasteiger charge is -2.18. The van der Waals surface area contributed by atoms with Crippen molar-refractivity contribution in [3.63, 3.8) is 0 Å². The summed E-state index contributed by atoms with van der Waals surface area (Å²) in [6.07, 6.45) is -2.59. The molecule has 2 aromatic heterocycles. The maximum absolute atomic E-state index is 12.9. The van der Waals surface area contributed by atoms with Crippen LogP contribution in [0.3, 0.4) is 0 Å². The van der Waals surface area contributed by atoms with Crippen LogP contribution in [0, 0.1) is 19.8 Å². The molecule has 3 rings (SSSR count). The number of nitrogens with zero attached hydrogens (tertiary/aromatic N) is 4. The molecular weight excluding hydrogens is 333 g/mol. The fourth-order valence-corrected chi connectivity index (χ4v) is 2.93. The quantitative estimate of drug-likeness (QED) is 0.844. The number of hydrogen-bond donors (Lipinski definition) is 0. The molecule has 1 atom stereocenters. The van der Waals surface area contributed by atoms with Gasteiger partial charge in [0.25, 0.3) is 0 Å². The molecule has 1 fully saturated rings. The number of rotatable bonds is 4. The summed E-state index contributed by atoms with van der Waals surface area (Å²) in [7, 11) is 0. The zero-order valence-corrected chi connectivity index (χ0v) is 14.0. The van der Waals surface area contributed by atoms with Crippen LogP contribution in [0.2, 0.25) is 0 Å². The molecule has 0 aliphatic carbocycles. The minimum atomic E-state index is -4.52. The van der Waals surface area contributed by atoms with E-state index in [1.54, 1.807) is 0 Å². The number of hydrogen-bond acceptors (Lipinski definition) is 5. The van der Waals surface area contributed by atoms with Gasteiger partial charge in [-0.2, -0.15) is 13.2 Å². The van der Waals surface area contributed by atoms with E-state index in [1.807, 2.05) is 24.8 Å². The van der Waals surface area contributed by atoms with Gasteiger partial charge in [0.1, 0.15) is 5.75 Å². The van der Waals surface area contributed by atoms with Crippen molar-refractivity contribution >= 4 is 5.95 Å². The number of aromatic nitrogens is 3. The Bertz CT molecular complexity index is 731. The largest absolute Gasteiger partial charge is 0.491 e. The minimum absolute atomic E-state index is 0.116. The molecule has 5 nitrogen and oxygen atoms in total. The molecule has 0 radical (unpaired) electrons. The average molecular weight is 352 g/mol. The second kappa shape index (κ2) is 6.85. The van der Waals surface area contributed by atoms with E-state index in [-0.39, 0.29) is 18.3 Å². The zero-order chi connectivity index (χ0) is 18.0. The average Bonchev–Trinajstić information content (AvgIpc) is 3.00. The van der Waals surface area contributed by atoms with Crippen molar-refractivity contribution in [1.29, 1.82) is 0 Å². The van der Waals surface area contributed by atoms with Crippen LogP contribution in [0.1, 0.15) is 23.5 Å². The van der Waals surface area contributed by atoms with Crippen molar-refractivity contribution in [2.75, 3.05) is 24.6 Å². The number of halogens is 3. The number of pyridine rings is 1. The van der Waals surface area contributed by atoms with Gasteiger partial charge in [0, 0.05) is 36.6 Å². The molecule has 1 unspecified atom stereocenters. The first-order valence-electron chi connectivity index (χ1n) is 8.05. The third kappa shape index (κ3) is 4.18. The van der Waals surface area contributed by atoms with Gasteiger partial charge < -0.3 is 9.64 Å². The van der Waals surface area contributed by atoms with Crippen molar-refractivity contribution in [3.8, 4) is 5.75 Å². The fourth-order valence-electron chi connectivity index (χ4n) is 2.93. The third-order valence-corrected chi connectivity index (χ3v) is 4.05. The number of ether oxygens (including phenoxy) is 1. The number of anilines is 1. The first-order valence-corrected chi connectivity index (χ1v) is 8.05. The smallest absolute Gasteiger partial charge is 0.437 e. The SMILES string of the molecule is Cc1cc(C)nc(N2CCC(COc3cccnc3C(F)(F)F)C2)n1. The van der Waals surface area contributed by atoms with Gasteiger partial charge in [-0.05, 0) is 38.5 Å². The predicted molar refractivity (Wildman–Crippen MR) is 86.6 cm³/mol. The van der Waals surface area contributed by atoms with Crippen LogP contribution in [0.15, 0.2) is 24.4 Å². The summed E-state index contributed by atoms with van der Waals surface area (Å²) in [6.45, 7) is 5.45. The molecule has 3 heterocycles. The Morgan fingerprint density at radius 2 is 1.96 bits per heavy atom. The van der Waals surface area contributed by atoms with E-state index in [9.17, 15) is 13.2 Å². The lowest BCUT2D eigenvalue weighted by Crippen LogP contribution is -2.24. The van der Waals surface area contributed by atoms with Gasteiger partial charge in [0.2, 0.25) is 5.95 Å². The van der Waals surface area contributed by atoms with Crippen LogP contribution in [-0.2, 0) is 6.18 Å². The van der Waals surface area contributed by atoms with E-state index >= 15 is 0 Å². The molecule has 8 heteroatoms. The van der Waals surface area contributed by atoms with Gasteiger partial charge in [0.15, 0.2) is 5.69 Å². The van der Waals surface area contributed by atoms with Crippen LogP contribution in [-0.4, -0.2) is 34.6 Å². The van der Waals surface area contributed by atoms with Crippen LogP contribution in [0.25, 0.3) is 0 Å². The Hall–Kier alpha value is -2.38. The summed E-state index contributed by atoms with van der Waals surface area (Å²) in [4.78, 5) is 14.3. The van der Waals surface area contributed by atoms with Gasteiger partial charge in [0.05, 0.1) is 6.61 Å². The zero-order valence-electron chi connectivity index (χ0n) is 14.0. The van der Waals surface area contributed by atoms with Crippen molar-refractivity contribution in [3.05, 3.63) is 41.5 Å². The van der Waals surface area contributed by atoms with Crippen LogP contribution < -0.4 is 9.64 Å². The molecular formula is C17H19F3N4O. The van der Waals surface area contributed by atoms with Crippen molar-refractivity contribution in [2.45, 2.75) is 26.4 Å². The number of aryl methyl sites for hydroxylation is 2. The Labute approximate surface area is 143 Å². The van der Waals surface area contributed by atoms with Gasteiger partial charge >= 0.3 is 6.18 Å². The van der Waals surface area contributed by atoms with Crippen molar-refractivity contribution < 1.29 is 17.9 Å². The monoisotopic (exact) mass is 352 g/mol. The molecule has 25 heavy (non-hydrogen) atoms. The Kier molecular flexibility index (Phi) is 4.78. The summed E-state index contributed by atoms with van der Waals surface area (Å²) < 4.78 is 44.3. The van der Waals surface area contributed by atoms with E-state index < -0.39 is 11.9 Å². The first kappa shape index (κ1) is 17.4. The lowest BCUT2D eigenvalue weighted by molar-refractivity contribution is -0.142. The Balaban J connectivity index is 1.63. The summed E-state index contributed by atoms with van der Waals surface area (Å²) in [5.41, 5.74) is 0.808. The molecule has 0 aromatic carbocycles. The van der Waals surface area contributed by atoms with E-state index in [0.717, 1.165) is 30.6 Å². The molecule has 134 valence electrons. The normalized spacial score (nSPS) is 17.8. The molecule has 0 spiro atoms. The predicted octanol–water partition coefficient (Wildman–Crippen LogP) is 3.41. The van der Waals surface area contributed by atoms with Gasteiger partial charge in [-0.15, -0.1) is 0 Å². The summed E-state index contributed by atoms with van der Waals surface area (Å²) in [5, 5.41) is 0. The molecule has 0 bridgehead atoms. The third-order valence-electron chi connectivity index (χ3n) is 4.05. The van der Waals surface area contributed by atoms with E-state index in [4.69, 9.17) is 4.74 Å². The molecule has 0 amide bonds. The summed E-state index contributed by atoms with van der Waals surface area (Å²) in [6, 6.07) is 4.64. The van der Waals surface area contributed by atoms with Gasteiger partial charge in [-0.25, -0.2) is 15.0 Å². The van der Waals surface area contributed by atoms with Gasteiger partial charge in [-0.3, -0.25) is 0 Å². The van der Waals surface area contributed by atoms with Crippen molar-refractivity contribution in [1.82, 2.24) is 15.0 Å². The Morgan fingerprint density at radius 1 is 1.24 bits per heavy atom. The molecule has 1 aliphatic rings. The summed E-state index contributed by atoms with van der Waals surface area (Å²) in [5.74, 6) is 0.555. The maximum atomic E-state index is 12.9. The second-order valence-electron chi connectivity index (χ2n) is 6.21. The highest BCUT2D eigenvalue weighted by atomic mass is 19.4. The Morgan fingerprint density at radius 3 is 2.64 bits per heavy atom. The van der Waals surface area contributed by atoms with Gasteiger partial charge in [-0.1, -0.05) is 0 Å². The summed E-state index contributed by atoms with van der Waals surface area (Å²) >= 11 is 0. The second-order valence-corrected chi connectivity index (χ2v) is 6.21. The fraction of sp³-hybridized carbons (Fsp3) is 0.471. The number of alkyl halides is 3. The van der Waals surface area contributed by atoms with E-state index in [2.05, 4.69) is 15.0 Å². The highest BCUT2D eigenvalue weighted by Gasteiger charge is 2.36. The van der Waals surface area contributed by atoms with Crippen LogP contribution in [0.5, 0.6) is 5.75 Å². The minimum Gasteiger partial charge on any atom is -0.491 e.